The van der Waals surface area contributed by atoms with Crippen LogP contribution in [-0.2, 0) is 0 Å². The Morgan fingerprint density at radius 3 is 2.36 bits per heavy atom. The van der Waals surface area contributed by atoms with Gasteiger partial charge in [-0.3, -0.25) is 10.1 Å². The molecule has 6 heteroatoms. The van der Waals surface area contributed by atoms with Gasteiger partial charge in [0.1, 0.15) is 11.9 Å². The molecule has 6 nitrogen and oxygen atoms in total. The van der Waals surface area contributed by atoms with E-state index in [4.69, 9.17) is 4.98 Å². The maximum absolute atomic E-state index is 11.0. The number of hydrogen-bond donors (Lipinski definition) is 0. The molecule has 4 aromatic rings. The summed E-state index contributed by atoms with van der Waals surface area (Å²) in [5.74, 6) is 0.698. The molecule has 2 aromatic carbocycles. The van der Waals surface area contributed by atoms with Crippen molar-refractivity contribution >= 4 is 16.7 Å². The van der Waals surface area contributed by atoms with Crippen LogP contribution >= 0.6 is 0 Å². The molecule has 0 aliphatic carbocycles. The van der Waals surface area contributed by atoms with Crippen molar-refractivity contribution < 1.29 is 4.92 Å². The van der Waals surface area contributed by atoms with Gasteiger partial charge in [0.15, 0.2) is 5.82 Å². The molecule has 4 rings (SSSR count). The van der Waals surface area contributed by atoms with Crippen molar-refractivity contribution in [3.8, 4) is 11.5 Å². The molecule has 28 heavy (non-hydrogen) atoms. The standard InChI is InChI=1S/C22H20N4O2/c1-14-4-7-17(8-5-14)16(3)25-21-12-15(2)6-10-19(21)24-22(25)20-11-9-18(13-23-20)26(27)28/h4-13,16H,1-3H3/t16-/m0/s1. The van der Waals surface area contributed by atoms with E-state index in [1.54, 1.807) is 6.07 Å². The maximum atomic E-state index is 11.0. The van der Waals surface area contributed by atoms with Crippen LogP contribution < -0.4 is 0 Å². The molecular formula is C22H20N4O2. The highest BCUT2D eigenvalue weighted by atomic mass is 16.6. The van der Waals surface area contributed by atoms with Crippen molar-refractivity contribution in [2.75, 3.05) is 0 Å². The SMILES string of the molecule is Cc1ccc([C@H](C)n2c(-c3ccc([N+](=O)[O-])cn3)nc3ccc(C)cc32)cc1. The minimum Gasteiger partial charge on any atom is -0.315 e. The number of nitro groups is 1. The van der Waals surface area contributed by atoms with Crippen LogP contribution in [-0.4, -0.2) is 19.5 Å². The van der Waals surface area contributed by atoms with E-state index in [1.165, 1.54) is 17.8 Å². The van der Waals surface area contributed by atoms with Gasteiger partial charge in [0.2, 0.25) is 0 Å². The Balaban J connectivity index is 1.91. The molecule has 0 radical (unpaired) electrons. The third-order valence-corrected chi connectivity index (χ3v) is 4.98. The molecule has 1 atom stereocenters. The lowest BCUT2D eigenvalue weighted by molar-refractivity contribution is -0.385. The quantitative estimate of drug-likeness (QED) is 0.363. The van der Waals surface area contributed by atoms with Gasteiger partial charge >= 0.3 is 0 Å². The van der Waals surface area contributed by atoms with Crippen LogP contribution in [0, 0.1) is 24.0 Å². The fourth-order valence-corrected chi connectivity index (χ4v) is 3.40. The van der Waals surface area contributed by atoms with Crippen LogP contribution in [0.15, 0.2) is 60.8 Å². The smallest absolute Gasteiger partial charge is 0.287 e. The van der Waals surface area contributed by atoms with E-state index in [2.05, 4.69) is 60.7 Å². The largest absolute Gasteiger partial charge is 0.315 e. The highest BCUT2D eigenvalue weighted by molar-refractivity contribution is 5.81. The summed E-state index contributed by atoms with van der Waals surface area (Å²) in [5.41, 5.74) is 5.98. The zero-order chi connectivity index (χ0) is 19.8. The summed E-state index contributed by atoms with van der Waals surface area (Å²) in [5, 5.41) is 11.0. The van der Waals surface area contributed by atoms with Crippen LogP contribution in [0.4, 0.5) is 5.69 Å². The first-order chi connectivity index (χ1) is 13.4. The monoisotopic (exact) mass is 372 g/mol. The van der Waals surface area contributed by atoms with Gasteiger partial charge in [-0.1, -0.05) is 35.9 Å². The summed E-state index contributed by atoms with van der Waals surface area (Å²) in [6.45, 7) is 6.25. The van der Waals surface area contributed by atoms with Gasteiger partial charge < -0.3 is 4.57 Å². The molecule has 0 amide bonds. The number of fused-ring (bicyclic) bond motifs is 1. The van der Waals surface area contributed by atoms with Gasteiger partial charge in [0.05, 0.1) is 22.0 Å². The van der Waals surface area contributed by atoms with Crippen molar-refractivity contribution in [1.82, 2.24) is 14.5 Å². The summed E-state index contributed by atoms with van der Waals surface area (Å²) >= 11 is 0. The molecule has 0 aliphatic heterocycles. The average Bonchev–Trinajstić information content (AvgIpc) is 3.06. The minimum absolute atomic E-state index is 0.0272. The Hall–Kier alpha value is -3.54. The van der Waals surface area contributed by atoms with Crippen molar-refractivity contribution in [2.45, 2.75) is 26.8 Å². The summed E-state index contributed by atoms with van der Waals surface area (Å²) in [4.78, 5) is 19.6. The van der Waals surface area contributed by atoms with Crippen LogP contribution in [0.2, 0.25) is 0 Å². The normalized spacial score (nSPS) is 12.2. The molecule has 0 aliphatic rings. The number of aryl methyl sites for hydroxylation is 2. The van der Waals surface area contributed by atoms with Crippen molar-refractivity contribution in [2.24, 2.45) is 0 Å². The average molecular weight is 372 g/mol. The molecule has 2 heterocycles. The number of rotatable bonds is 4. The molecule has 0 fully saturated rings. The number of benzene rings is 2. The van der Waals surface area contributed by atoms with Gasteiger partial charge in [0, 0.05) is 6.07 Å². The zero-order valence-corrected chi connectivity index (χ0v) is 16.0. The van der Waals surface area contributed by atoms with Gasteiger partial charge in [-0.05, 0) is 50.1 Å². The molecule has 0 bridgehead atoms. The Morgan fingerprint density at radius 2 is 1.71 bits per heavy atom. The van der Waals surface area contributed by atoms with Crippen molar-refractivity contribution in [1.29, 1.82) is 0 Å². The maximum Gasteiger partial charge on any atom is 0.287 e. The number of nitrogens with zero attached hydrogens (tertiary/aromatic N) is 4. The number of aromatic nitrogens is 3. The van der Waals surface area contributed by atoms with E-state index < -0.39 is 4.92 Å². The Bertz CT molecular complexity index is 1160. The first kappa shape index (κ1) is 17.9. The van der Waals surface area contributed by atoms with E-state index in [0.717, 1.165) is 22.2 Å². The Kier molecular flexibility index (Phi) is 4.39. The molecular weight excluding hydrogens is 352 g/mol. The van der Waals surface area contributed by atoms with Crippen molar-refractivity contribution in [3.63, 3.8) is 0 Å². The van der Waals surface area contributed by atoms with Gasteiger partial charge in [-0.2, -0.15) is 0 Å². The third-order valence-electron chi connectivity index (χ3n) is 4.98. The third kappa shape index (κ3) is 3.13. The second kappa shape index (κ2) is 6.88. The number of imidazole rings is 1. The Labute approximate surface area is 162 Å². The lowest BCUT2D eigenvalue weighted by Gasteiger charge is -2.18. The number of pyridine rings is 1. The van der Waals surface area contributed by atoms with Gasteiger partial charge in [-0.15, -0.1) is 0 Å². The predicted octanol–water partition coefficient (Wildman–Crippen LogP) is 5.23. The van der Waals surface area contributed by atoms with Gasteiger partial charge in [-0.25, -0.2) is 9.97 Å². The van der Waals surface area contributed by atoms with E-state index in [-0.39, 0.29) is 11.7 Å². The Morgan fingerprint density at radius 1 is 1.00 bits per heavy atom. The lowest BCUT2D eigenvalue weighted by Crippen LogP contribution is -2.09. The topological polar surface area (TPSA) is 73.8 Å². The first-order valence-electron chi connectivity index (χ1n) is 9.10. The van der Waals surface area contributed by atoms with Crippen LogP contribution in [0.3, 0.4) is 0 Å². The summed E-state index contributed by atoms with van der Waals surface area (Å²) in [7, 11) is 0. The highest BCUT2D eigenvalue weighted by Gasteiger charge is 2.20. The molecule has 140 valence electrons. The molecule has 2 aromatic heterocycles. The van der Waals surface area contributed by atoms with Crippen LogP contribution in [0.5, 0.6) is 0 Å². The predicted molar refractivity (Wildman–Crippen MR) is 109 cm³/mol. The molecule has 0 saturated carbocycles. The fraction of sp³-hybridized carbons (Fsp3) is 0.182. The zero-order valence-electron chi connectivity index (χ0n) is 16.0. The molecule has 0 saturated heterocycles. The van der Waals surface area contributed by atoms with Gasteiger partial charge in [0.25, 0.3) is 5.69 Å². The van der Waals surface area contributed by atoms with E-state index in [1.807, 2.05) is 12.1 Å². The lowest BCUT2D eigenvalue weighted by atomic mass is 10.1. The molecule has 0 spiro atoms. The summed E-state index contributed by atoms with van der Waals surface area (Å²) in [6, 6.07) is 17.7. The summed E-state index contributed by atoms with van der Waals surface area (Å²) in [6.07, 6.45) is 1.28. The van der Waals surface area contributed by atoms with Crippen LogP contribution in [0.1, 0.15) is 29.7 Å². The second-order valence-corrected chi connectivity index (χ2v) is 7.04. The van der Waals surface area contributed by atoms with Crippen LogP contribution in [0.25, 0.3) is 22.6 Å². The van der Waals surface area contributed by atoms with E-state index in [9.17, 15) is 10.1 Å². The molecule has 0 unspecified atom stereocenters. The summed E-state index contributed by atoms with van der Waals surface area (Å²) < 4.78 is 2.15. The van der Waals surface area contributed by atoms with E-state index in [0.29, 0.717) is 11.5 Å². The number of hydrogen-bond acceptors (Lipinski definition) is 4. The first-order valence-corrected chi connectivity index (χ1v) is 9.10. The molecule has 0 N–H and O–H groups in total. The second-order valence-electron chi connectivity index (χ2n) is 7.04. The van der Waals surface area contributed by atoms with Crippen molar-refractivity contribution in [3.05, 3.63) is 87.6 Å². The highest BCUT2D eigenvalue weighted by Crippen LogP contribution is 2.31. The fourth-order valence-electron chi connectivity index (χ4n) is 3.40. The minimum atomic E-state index is -0.446. The van der Waals surface area contributed by atoms with E-state index >= 15 is 0 Å².